The molecule has 0 bridgehead atoms. The van der Waals surface area contributed by atoms with Crippen molar-refractivity contribution in [2.24, 2.45) is 5.73 Å². The van der Waals surface area contributed by atoms with Gasteiger partial charge in [-0.25, -0.2) is 0 Å². The van der Waals surface area contributed by atoms with Gasteiger partial charge in [0.25, 0.3) is 0 Å². The fourth-order valence-corrected chi connectivity index (χ4v) is 2.52. The smallest absolute Gasteiger partial charge is 0.0723 e. The number of nitrogens with zero attached hydrogens (tertiary/aromatic N) is 2. The lowest BCUT2D eigenvalue weighted by atomic mass is 10.2. The Labute approximate surface area is 103 Å². The van der Waals surface area contributed by atoms with Gasteiger partial charge in [0.1, 0.15) is 0 Å². The fourth-order valence-electron chi connectivity index (χ4n) is 1.67. The standard InChI is InChI=1S/C12H23N3S/c1-4-12(5-2)15-7-6-11(14-15)9-16-8-10(3)13/h6-7,10,12H,4-5,8-9,13H2,1-3H3. The van der Waals surface area contributed by atoms with E-state index < -0.39 is 0 Å². The van der Waals surface area contributed by atoms with E-state index in [1.54, 1.807) is 0 Å². The van der Waals surface area contributed by atoms with Crippen LogP contribution in [0.25, 0.3) is 0 Å². The van der Waals surface area contributed by atoms with Crippen LogP contribution in [0.1, 0.15) is 45.3 Å². The summed E-state index contributed by atoms with van der Waals surface area (Å²) in [4.78, 5) is 0. The Bertz CT molecular complexity index is 292. The van der Waals surface area contributed by atoms with Crippen molar-refractivity contribution < 1.29 is 0 Å². The molecule has 0 saturated heterocycles. The van der Waals surface area contributed by atoms with E-state index in [1.807, 2.05) is 18.7 Å². The molecule has 1 heterocycles. The lowest BCUT2D eigenvalue weighted by molar-refractivity contribution is 0.426. The Morgan fingerprint density at radius 1 is 1.44 bits per heavy atom. The molecular formula is C12H23N3S. The minimum atomic E-state index is 0.270. The molecule has 3 nitrogen and oxygen atoms in total. The van der Waals surface area contributed by atoms with Crippen LogP contribution in [0.15, 0.2) is 12.3 Å². The summed E-state index contributed by atoms with van der Waals surface area (Å²) < 4.78 is 2.10. The van der Waals surface area contributed by atoms with Crippen LogP contribution in [-0.4, -0.2) is 21.6 Å². The topological polar surface area (TPSA) is 43.8 Å². The molecule has 16 heavy (non-hydrogen) atoms. The minimum absolute atomic E-state index is 0.270. The van der Waals surface area contributed by atoms with Gasteiger partial charge in [0.05, 0.1) is 11.7 Å². The molecule has 0 amide bonds. The minimum Gasteiger partial charge on any atom is -0.327 e. The zero-order valence-corrected chi connectivity index (χ0v) is 11.3. The first-order valence-corrected chi connectivity index (χ1v) is 7.20. The number of nitrogens with two attached hydrogens (primary N) is 1. The van der Waals surface area contributed by atoms with Crippen molar-refractivity contribution in [1.82, 2.24) is 9.78 Å². The maximum atomic E-state index is 5.71. The second-order valence-electron chi connectivity index (χ2n) is 4.25. The normalized spacial score (nSPS) is 13.3. The summed E-state index contributed by atoms with van der Waals surface area (Å²) in [6, 6.07) is 2.94. The monoisotopic (exact) mass is 241 g/mol. The van der Waals surface area contributed by atoms with Crippen LogP contribution in [0.3, 0.4) is 0 Å². The Morgan fingerprint density at radius 3 is 2.69 bits per heavy atom. The van der Waals surface area contributed by atoms with Gasteiger partial charge in [-0.05, 0) is 25.8 Å². The molecule has 0 aromatic carbocycles. The third-order valence-electron chi connectivity index (χ3n) is 2.61. The van der Waals surface area contributed by atoms with Crippen LogP contribution in [0, 0.1) is 0 Å². The number of rotatable bonds is 7. The van der Waals surface area contributed by atoms with Gasteiger partial charge >= 0.3 is 0 Å². The number of thioether (sulfide) groups is 1. The highest BCUT2D eigenvalue weighted by molar-refractivity contribution is 7.98. The molecular weight excluding hydrogens is 218 g/mol. The van der Waals surface area contributed by atoms with Crippen molar-refractivity contribution in [3.8, 4) is 0 Å². The van der Waals surface area contributed by atoms with Crippen LogP contribution < -0.4 is 5.73 Å². The molecule has 0 spiro atoms. The first-order valence-electron chi connectivity index (χ1n) is 6.04. The first-order chi connectivity index (χ1) is 7.67. The highest BCUT2D eigenvalue weighted by Gasteiger charge is 2.07. The Kier molecular flexibility index (Phi) is 5.91. The lowest BCUT2D eigenvalue weighted by Gasteiger charge is -2.12. The van der Waals surface area contributed by atoms with Crippen LogP contribution in [-0.2, 0) is 5.75 Å². The zero-order chi connectivity index (χ0) is 12.0. The van der Waals surface area contributed by atoms with E-state index in [4.69, 9.17) is 5.73 Å². The predicted molar refractivity (Wildman–Crippen MR) is 71.7 cm³/mol. The van der Waals surface area contributed by atoms with Gasteiger partial charge in [-0.1, -0.05) is 13.8 Å². The largest absolute Gasteiger partial charge is 0.327 e. The van der Waals surface area contributed by atoms with E-state index in [0.717, 1.165) is 30.0 Å². The summed E-state index contributed by atoms with van der Waals surface area (Å²) in [6.45, 7) is 6.45. The van der Waals surface area contributed by atoms with Crippen molar-refractivity contribution in [2.75, 3.05) is 5.75 Å². The van der Waals surface area contributed by atoms with Crippen LogP contribution in [0.4, 0.5) is 0 Å². The first kappa shape index (κ1) is 13.6. The molecule has 1 aromatic rings. The van der Waals surface area contributed by atoms with Crippen molar-refractivity contribution >= 4 is 11.8 Å². The predicted octanol–water partition coefficient (Wildman–Crippen LogP) is 2.82. The average molecular weight is 241 g/mol. The summed E-state index contributed by atoms with van der Waals surface area (Å²) in [6.07, 6.45) is 4.38. The van der Waals surface area contributed by atoms with Gasteiger partial charge in [0.15, 0.2) is 0 Å². The van der Waals surface area contributed by atoms with Gasteiger partial charge in [-0.3, -0.25) is 4.68 Å². The molecule has 0 aliphatic rings. The van der Waals surface area contributed by atoms with Crippen molar-refractivity contribution in [2.45, 2.75) is 51.4 Å². The Hall–Kier alpha value is -0.480. The molecule has 4 heteroatoms. The molecule has 2 N–H and O–H groups in total. The van der Waals surface area contributed by atoms with Crippen LogP contribution in [0.5, 0.6) is 0 Å². The molecule has 0 radical (unpaired) electrons. The molecule has 92 valence electrons. The van der Waals surface area contributed by atoms with Crippen molar-refractivity contribution in [3.05, 3.63) is 18.0 Å². The molecule has 1 unspecified atom stereocenters. The molecule has 0 saturated carbocycles. The van der Waals surface area contributed by atoms with Gasteiger partial charge in [0, 0.05) is 23.7 Å². The van der Waals surface area contributed by atoms with Crippen molar-refractivity contribution in [3.63, 3.8) is 0 Å². The SMILES string of the molecule is CCC(CC)n1ccc(CSCC(C)N)n1. The van der Waals surface area contributed by atoms with Gasteiger partial charge < -0.3 is 5.73 Å². The third-order valence-corrected chi connectivity index (χ3v) is 3.87. The maximum absolute atomic E-state index is 5.71. The van der Waals surface area contributed by atoms with E-state index in [9.17, 15) is 0 Å². The summed E-state index contributed by atoms with van der Waals surface area (Å²) in [5, 5.41) is 4.60. The molecule has 0 fully saturated rings. The Morgan fingerprint density at radius 2 is 2.12 bits per heavy atom. The fraction of sp³-hybridized carbons (Fsp3) is 0.750. The molecule has 1 atom stereocenters. The van der Waals surface area contributed by atoms with Crippen LogP contribution in [0.2, 0.25) is 0 Å². The summed E-state index contributed by atoms with van der Waals surface area (Å²) in [7, 11) is 0. The van der Waals surface area contributed by atoms with Gasteiger partial charge in [-0.15, -0.1) is 0 Å². The summed E-state index contributed by atoms with van der Waals surface area (Å²) in [5.41, 5.74) is 6.87. The highest BCUT2D eigenvalue weighted by atomic mass is 32.2. The average Bonchev–Trinajstić information content (AvgIpc) is 2.68. The second-order valence-corrected chi connectivity index (χ2v) is 5.28. The van der Waals surface area contributed by atoms with E-state index in [-0.39, 0.29) is 6.04 Å². The van der Waals surface area contributed by atoms with E-state index in [1.165, 1.54) is 0 Å². The molecule has 0 aliphatic carbocycles. The summed E-state index contributed by atoms with van der Waals surface area (Å²) >= 11 is 1.85. The quantitative estimate of drug-likeness (QED) is 0.798. The second kappa shape index (κ2) is 6.97. The Balaban J connectivity index is 2.44. The third kappa shape index (κ3) is 4.18. The number of hydrogen-bond donors (Lipinski definition) is 1. The number of hydrogen-bond acceptors (Lipinski definition) is 3. The maximum Gasteiger partial charge on any atom is 0.0723 e. The van der Waals surface area contributed by atoms with E-state index >= 15 is 0 Å². The van der Waals surface area contributed by atoms with Gasteiger partial charge in [0.2, 0.25) is 0 Å². The summed E-state index contributed by atoms with van der Waals surface area (Å²) in [5.74, 6) is 1.96. The highest BCUT2D eigenvalue weighted by Crippen LogP contribution is 2.16. The lowest BCUT2D eigenvalue weighted by Crippen LogP contribution is -2.17. The van der Waals surface area contributed by atoms with Crippen molar-refractivity contribution in [1.29, 1.82) is 0 Å². The van der Waals surface area contributed by atoms with E-state index in [0.29, 0.717) is 6.04 Å². The number of aromatic nitrogens is 2. The molecule has 1 rings (SSSR count). The van der Waals surface area contributed by atoms with Crippen LogP contribution >= 0.6 is 11.8 Å². The van der Waals surface area contributed by atoms with Gasteiger partial charge in [-0.2, -0.15) is 16.9 Å². The molecule has 0 aliphatic heterocycles. The molecule has 1 aromatic heterocycles. The van der Waals surface area contributed by atoms with E-state index in [2.05, 4.69) is 35.9 Å². The zero-order valence-electron chi connectivity index (χ0n) is 10.5.